The van der Waals surface area contributed by atoms with E-state index in [1.54, 1.807) is 0 Å². The highest BCUT2D eigenvalue weighted by Gasteiger charge is 2.32. The number of hydrogen-bond donors (Lipinski definition) is 2. The second kappa shape index (κ2) is 5.11. The average Bonchev–Trinajstić information content (AvgIpc) is 2.62. The van der Waals surface area contributed by atoms with Gasteiger partial charge in [-0.25, -0.2) is 0 Å². The molecule has 98 valence electrons. The molecule has 1 aromatic carbocycles. The van der Waals surface area contributed by atoms with Gasteiger partial charge in [0.2, 0.25) is 5.91 Å². The first-order valence-electron chi connectivity index (χ1n) is 6.74. The summed E-state index contributed by atoms with van der Waals surface area (Å²) in [5, 5.41) is 6.45. The normalized spacial score (nSPS) is 18.1. The van der Waals surface area contributed by atoms with Crippen LogP contribution in [0.2, 0.25) is 0 Å². The molecule has 1 aliphatic rings. The molecule has 0 spiro atoms. The molecule has 0 saturated carbocycles. The molecule has 0 bridgehead atoms. The molecule has 2 N–H and O–H groups in total. The predicted molar refractivity (Wildman–Crippen MR) is 74.8 cm³/mol. The molecule has 18 heavy (non-hydrogen) atoms. The lowest BCUT2D eigenvalue weighted by Crippen LogP contribution is -2.35. The molecule has 2 rings (SSSR count). The van der Waals surface area contributed by atoms with Crippen LogP contribution in [-0.2, 0) is 4.79 Å². The summed E-state index contributed by atoms with van der Waals surface area (Å²) in [4.78, 5) is 12.1. The Labute approximate surface area is 109 Å². The van der Waals surface area contributed by atoms with Gasteiger partial charge in [-0.15, -0.1) is 0 Å². The molecule has 0 aliphatic carbocycles. The second-order valence-corrected chi connectivity index (χ2v) is 5.15. The molecule has 1 unspecified atom stereocenters. The molecule has 1 aliphatic heterocycles. The van der Waals surface area contributed by atoms with Crippen molar-refractivity contribution in [2.45, 2.75) is 52.6 Å². The van der Waals surface area contributed by atoms with Crippen molar-refractivity contribution in [3.05, 3.63) is 28.8 Å². The fraction of sp³-hybridized carbons (Fsp3) is 0.533. The topological polar surface area (TPSA) is 41.1 Å². The van der Waals surface area contributed by atoms with Crippen molar-refractivity contribution in [3.8, 4) is 0 Å². The lowest BCUT2D eigenvalue weighted by molar-refractivity contribution is -0.117. The number of hydrogen-bond acceptors (Lipinski definition) is 2. The van der Waals surface area contributed by atoms with Gasteiger partial charge in [0.1, 0.15) is 6.04 Å². The van der Waals surface area contributed by atoms with E-state index in [9.17, 15) is 4.79 Å². The lowest BCUT2D eigenvalue weighted by Gasteiger charge is -2.20. The SMILES string of the molecule is CCC(CC)NC1C(=O)Nc2cc(C)cc(C)c21. The first-order chi connectivity index (χ1) is 8.56. The lowest BCUT2D eigenvalue weighted by atomic mass is 9.98. The molecule has 0 saturated heterocycles. The Morgan fingerprint density at radius 3 is 2.56 bits per heavy atom. The zero-order valence-corrected chi connectivity index (χ0v) is 11.6. The van der Waals surface area contributed by atoms with Gasteiger partial charge in [0.15, 0.2) is 0 Å². The fourth-order valence-corrected chi connectivity index (χ4v) is 2.72. The molecule has 1 aromatic rings. The van der Waals surface area contributed by atoms with Crippen molar-refractivity contribution in [3.63, 3.8) is 0 Å². The third-order valence-electron chi connectivity index (χ3n) is 3.73. The maximum absolute atomic E-state index is 12.1. The monoisotopic (exact) mass is 246 g/mol. The van der Waals surface area contributed by atoms with Crippen LogP contribution < -0.4 is 10.6 Å². The van der Waals surface area contributed by atoms with Crippen LogP contribution in [0.5, 0.6) is 0 Å². The number of carbonyl (C=O) groups excluding carboxylic acids is 1. The van der Waals surface area contributed by atoms with Crippen LogP contribution in [0.1, 0.15) is 49.4 Å². The standard InChI is InChI=1S/C15H22N2O/c1-5-11(6-2)16-14-13-10(4)7-9(3)8-12(13)17-15(14)18/h7-8,11,14,16H,5-6H2,1-4H3,(H,17,18). The Morgan fingerprint density at radius 1 is 1.28 bits per heavy atom. The number of nitrogens with one attached hydrogen (secondary N) is 2. The Morgan fingerprint density at radius 2 is 1.94 bits per heavy atom. The number of rotatable bonds is 4. The minimum absolute atomic E-state index is 0.0746. The molecule has 3 heteroatoms. The average molecular weight is 246 g/mol. The molecular formula is C15H22N2O. The number of benzene rings is 1. The van der Waals surface area contributed by atoms with E-state index in [0.717, 1.165) is 24.1 Å². The van der Waals surface area contributed by atoms with Gasteiger partial charge in [0, 0.05) is 17.3 Å². The third-order valence-corrected chi connectivity index (χ3v) is 3.73. The molecule has 1 heterocycles. The van der Waals surface area contributed by atoms with E-state index < -0.39 is 0 Å². The van der Waals surface area contributed by atoms with Gasteiger partial charge in [-0.3, -0.25) is 10.1 Å². The highest BCUT2D eigenvalue weighted by molar-refractivity contribution is 6.03. The van der Waals surface area contributed by atoms with E-state index in [2.05, 4.69) is 50.5 Å². The van der Waals surface area contributed by atoms with Gasteiger partial charge in [-0.1, -0.05) is 19.9 Å². The van der Waals surface area contributed by atoms with Crippen LogP contribution in [-0.4, -0.2) is 11.9 Å². The van der Waals surface area contributed by atoms with Crippen molar-refractivity contribution in [1.82, 2.24) is 5.32 Å². The quantitative estimate of drug-likeness (QED) is 0.857. The van der Waals surface area contributed by atoms with E-state index in [1.165, 1.54) is 11.1 Å². The van der Waals surface area contributed by atoms with Crippen LogP contribution in [0.25, 0.3) is 0 Å². The van der Waals surface area contributed by atoms with Gasteiger partial charge in [0.05, 0.1) is 0 Å². The summed E-state index contributed by atoms with van der Waals surface area (Å²) in [5.41, 5.74) is 4.47. The number of aryl methyl sites for hydroxylation is 2. The van der Waals surface area contributed by atoms with Crippen molar-refractivity contribution >= 4 is 11.6 Å². The van der Waals surface area contributed by atoms with E-state index in [1.807, 2.05) is 0 Å². The number of carbonyl (C=O) groups is 1. The minimum atomic E-state index is -0.189. The van der Waals surface area contributed by atoms with Gasteiger partial charge < -0.3 is 5.32 Å². The molecule has 0 fully saturated rings. The first kappa shape index (κ1) is 13.1. The van der Waals surface area contributed by atoms with Crippen LogP contribution >= 0.6 is 0 Å². The van der Waals surface area contributed by atoms with Crippen molar-refractivity contribution < 1.29 is 4.79 Å². The predicted octanol–water partition coefficient (Wildman–Crippen LogP) is 3.07. The Balaban J connectivity index is 2.33. The molecule has 0 radical (unpaired) electrons. The van der Waals surface area contributed by atoms with Crippen molar-refractivity contribution in [1.29, 1.82) is 0 Å². The number of fused-ring (bicyclic) bond motifs is 1. The smallest absolute Gasteiger partial charge is 0.246 e. The Kier molecular flexibility index (Phi) is 3.71. The zero-order chi connectivity index (χ0) is 13.3. The summed E-state index contributed by atoms with van der Waals surface area (Å²) < 4.78 is 0. The summed E-state index contributed by atoms with van der Waals surface area (Å²) in [6, 6.07) is 4.40. The van der Waals surface area contributed by atoms with Crippen molar-refractivity contribution in [2.24, 2.45) is 0 Å². The number of amides is 1. The minimum Gasteiger partial charge on any atom is -0.324 e. The molecule has 0 aromatic heterocycles. The highest BCUT2D eigenvalue weighted by Crippen LogP contribution is 2.35. The van der Waals surface area contributed by atoms with Gasteiger partial charge >= 0.3 is 0 Å². The summed E-state index contributed by atoms with van der Waals surface area (Å²) in [6.07, 6.45) is 2.08. The molecule has 1 amide bonds. The van der Waals surface area contributed by atoms with E-state index in [-0.39, 0.29) is 11.9 Å². The Bertz CT molecular complexity index is 464. The van der Waals surface area contributed by atoms with Gasteiger partial charge in [-0.2, -0.15) is 0 Å². The molecular weight excluding hydrogens is 224 g/mol. The Hall–Kier alpha value is -1.35. The van der Waals surface area contributed by atoms with E-state index in [0.29, 0.717) is 6.04 Å². The summed E-state index contributed by atoms with van der Waals surface area (Å²) in [7, 11) is 0. The van der Waals surface area contributed by atoms with Crippen LogP contribution in [0, 0.1) is 13.8 Å². The maximum atomic E-state index is 12.1. The number of anilines is 1. The van der Waals surface area contributed by atoms with Gasteiger partial charge in [-0.05, 0) is 43.9 Å². The van der Waals surface area contributed by atoms with E-state index in [4.69, 9.17) is 0 Å². The van der Waals surface area contributed by atoms with Crippen LogP contribution in [0.4, 0.5) is 5.69 Å². The zero-order valence-electron chi connectivity index (χ0n) is 11.6. The van der Waals surface area contributed by atoms with Gasteiger partial charge in [0.25, 0.3) is 0 Å². The fourth-order valence-electron chi connectivity index (χ4n) is 2.72. The summed E-state index contributed by atoms with van der Waals surface area (Å²) in [5.74, 6) is 0.0746. The second-order valence-electron chi connectivity index (χ2n) is 5.15. The van der Waals surface area contributed by atoms with E-state index >= 15 is 0 Å². The molecule has 1 atom stereocenters. The van der Waals surface area contributed by atoms with Crippen LogP contribution in [0.15, 0.2) is 12.1 Å². The highest BCUT2D eigenvalue weighted by atomic mass is 16.2. The largest absolute Gasteiger partial charge is 0.324 e. The summed E-state index contributed by atoms with van der Waals surface area (Å²) in [6.45, 7) is 8.43. The third kappa shape index (κ3) is 2.27. The molecule has 3 nitrogen and oxygen atoms in total. The van der Waals surface area contributed by atoms with Crippen LogP contribution in [0.3, 0.4) is 0 Å². The first-order valence-corrected chi connectivity index (χ1v) is 6.74. The van der Waals surface area contributed by atoms with Crippen molar-refractivity contribution in [2.75, 3.05) is 5.32 Å². The summed E-state index contributed by atoms with van der Waals surface area (Å²) >= 11 is 0. The maximum Gasteiger partial charge on any atom is 0.246 e.